The molecule has 2 heterocycles. The van der Waals surface area contributed by atoms with Crippen molar-refractivity contribution in [1.82, 2.24) is 9.88 Å². The monoisotopic (exact) mass is 362 g/mol. The molecule has 0 aliphatic carbocycles. The number of carbonyl (C=O) groups is 2. The number of carbonyl (C=O) groups excluding carboxylic acids is 2. The Balaban J connectivity index is 1.95. The molecule has 1 aromatic rings. The lowest BCUT2D eigenvalue weighted by molar-refractivity contribution is -0.150. The first-order valence-corrected chi connectivity index (χ1v) is 8.37. The van der Waals surface area contributed by atoms with Gasteiger partial charge in [0, 0.05) is 30.5 Å². The molecule has 7 nitrogen and oxygen atoms in total. The Hall–Kier alpha value is -2.59. The van der Waals surface area contributed by atoms with E-state index in [2.05, 4.69) is 10.3 Å². The standard InChI is InChI=1S/C17H19ClN4O3/c1-2-25-17(24)12-4-7-22(8-5-12)16(23)13(10-19)11-21-15-9-14(18)3-6-20-15/h3,6,9,11-12H,2,4-5,7-8H2,1H3,(H,20,21)/b13-11-. The summed E-state index contributed by atoms with van der Waals surface area (Å²) >= 11 is 5.86. The predicted octanol–water partition coefficient (Wildman–Crippen LogP) is 2.36. The van der Waals surface area contributed by atoms with Gasteiger partial charge in [0.2, 0.25) is 0 Å². The van der Waals surface area contributed by atoms with Crippen LogP contribution in [0.1, 0.15) is 19.8 Å². The number of hydrogen-bond acceptors (Lipinski definition) is 6. The van der Waals surface area contributed by atoms with Gasteiger partial charge in [-0.3, -0.25) is 9.59 Å². The van der Waals surface area contributed by atoms with Gasteiger partial charge in [0.15, 0.2) is 0 Å². The Bertz CT molecular complexity index is 706. The van der Waals surface area contributed by atoms with Gasteiger partial charge >= 0.3 is 5.97 Å². The van der Waals surface area contributed by atoms with Crippen LogP contribution in [0.4, 0.5) is 5.82 Å². The molecule has 1 aliphatic heterocycles. The third-order valence-electron chi connectivity index (χ3n) is 3.84. The number of esters is 1. The van der Waals surface area contributed by atoms with Crippen molar-refractivity contribution in [2.24, 2.45) is 5.92 Å². The zero-order chi connectivity index (χ0) is 18.2. The lowest BCUT2D eigenvalue weighted by Gasteiger charge is -2.30. The minimum absolute atomic E-state index is 0.0311. The Morgan fingerprint density at radius 1 is 1.52 bits per heavy atom. The summed E-state index contributed by atoms with van der Waals surface area (Å²) in [5.41, 5.74) is -0.0311. The van der Waals surface area contributed by atoms with Crippen molar-refractivity contribution in [3.05, 3.63) is 35.1 Å². The molecule has 1 N–H and O–H groups in total. The van der Waals surface area contributed by atoms with E-state index in [1.165, 1.54) is 12.4 Å². The highest BCUT2D eigenvalue weighted by atomic mass is 35.5. The molecule has 25 heavy (non-hydrogen) atoms. The summed E-state index contributed by atoms with van der Waals surface area (Å²) in [5.74, 6) is -0.347. The Morgan fingerprint density at radius 2 is 2.24 bits per heavy atom. The average Bonchev–Trinajstić information content (AvgIpc) is 2.62. The number of halogens is 1. The zero-order valence-electron chi connectivity index (χ0n) is 13.9. The summed E-state index contributed by atoms with van der Waals surface area (Å²) in [6.07, 6.45) is 3.91. The van der Waals surface area contributed by atoms with Gasteiger partial charge in [-0.2, -0.15) is 5.26 Å². The van der Waals surface area contributed by atoms with Crippen LogP contribution in [0.15, 0.2) is 30.1 Å². The van der Waals surface area contributed by atoms with Crippen molar-refractivity contribution in [2.45, 2.75) is 19.8 Å². The number of anilines is 1. The highest BCUT2D eigenvalue weighted by Crippen LogP contribution is 2.20. The first-order valence-electron chi connectivity index (χ1n) is 7.99. The van der Waals surface area contributed by atoms with Crippen LogP contribution in [0.3, 0.4) is 0 Å². The van der Waals surface area contributed by atoms with Crippen molar-refractivity contribution in [2.75, 3.05) is 25.0 Å². The van der Waals surface area contributed by atoms with Crippen molar-refractivity contribution in [3.63, 3.8) is 0 Å². The molecule has 0 bridgehead atoms. The number of amides is 1. The average molecular weight is 363 g/mol. The highest BCUT2D eigenvalue weighted by molar-refractivity contribution is 6.30. The van der Waals surface area contributed by atoms with Crippen LogP contribution in [0.2, 0.25) is 5.02 Å². The van der Waals surface area contributed by atoms with Crippen LogP contribution < -0.4 is 5.32 Å². The molecule has 0 aromatic carbocycles. The quantitative estimate of drug-likeness (QED) is 0.490. The molecule has 1 amide bonds. The molecule has 8 heteroatoms. The highest BCUT2D eigenvalue weighted by Gasteiger charge is 2.29. The largest absolute Gasteiger partial charge is 0.466 e. The first kappa shape index (κ1) is 18.7. The first-order chi connectivity index (χ1) is 12.0. The lowest BCUT2D eigenvalue weighted by Crippen LogP contribution is -2.41. The molecule has 0 saturated carbocycles. The number of nitrogens with one attached hydrogen (secondary N) is 1. The van der Waals surface area contributed by atoms with Gasteiger partial charge in [0.1, 0.15) is 17.5 Å². The third-order valence-corrected chi connectivity index (χ3v) is 4.07. The molecule has 1 saturated heterocycles. The van der Waals surface area contributed by atoms with Crippen LogP contribution in [-0.2, 0) is 14.3 Å². The lowest BCUT2D eigenvalue weighted by atomic mass is 9.96. The number of nitrogens with zero attached hydrogens (tertiary/aromatic N) is 3. The number of piperidine rings is 1. The molecule has 2 rings (SSSR count). The fourth-order valence-corrected chi connectivity index (χ4v) is 2.68. The minimum Gasteiger partial charge on any atom is -0.466 e. The van der Waals surface area contributed by atoms with E-state index in [1.54, 1.807) is 24.0 Å². The number of aromatic nitrogens is 1. The minimum atomic E-state index is -0.376. The molecule has 0 radical (unpaired) electrons. The summed E-state index contributed by atoms with van der Waals surface area (Å²) < 4.78 is 5.01. The van der Waals surface area contributed by atoms with Crippen LogP contribution in [0, 0.1) is 17.2 Å². The maximum absolute atomic E-state index is 12.5. The molecule has 1 fully saturated rings. The van der Waals surface area contributed by atoms with Crippen molar-refractivity contribution >= 4 is 29.3 Å². The summed E-state index contributed by atoms with van der Waals surface area (Å²) in [5, 5.41) is 12.5. The van der Waals surface area contributed by atoms with Crippen LogP contribution >= 0.6 is 11.6 Å². The number of ether oxygens (including phenoxy) is 1. The normalized spacial score (nSPS) is 15.4. The zero-order valence-corrected chi connectivity index (χ0v) is 14.6. The van der Waals surface area contributed by atoms with E-state index in [1.807, 2.05) is 6.07 Å². The van der Waals surface area contributed by atoms with Gasteiger partial charge < -0.3 is 15.0 Å². The molecule has 0 atom stereocenters. The molecular weight excluding hydrogens is 344 g/mol. The molecule has 0 unspecified atom stereocenters. The van der Waals surface area contributed by atoms with Gasteiger partial charge in [0.25, 0.3) is 5.91 Å². The van der Waals surface area contributed by atoms with Gasteiger partial charge in [-0.15, -0.1) is 0 Å². The van der Waals surface area contributed by atoms with E-state index in [4.69, 9.17) is 16.3 Å². The van der Waals surface area contributed by atoms with E-state index >= 15 is 0 Å². The van der Waals surface area contributed by atoms with Crippen LogP contribution in [0.5, 0.6) is 0 Å². The van der Waals surface area contributed by atoms with E-state index in [0.29, 0.717) is 43.4 Å². The fraction of sp³-hybridized carbons (Fsp3) is 0.412. The van der Waals surface area contributed by atoms with Gasteiger partial charge in [-0.05, 0) is 31.9 Å². The predicted molar refractivity (Wildman–Crippen MR) is 92.5 cm³/mol. The van der Waals surface area contributed by atoms with Crippen molar-refractivity contribution < 1.29 is 14.3 Å². The molecule has 1 aliphatic rings. The second kappa shape index (κ2) is 9.04. The third kappa shape index (κ3) is 5.19. The molecular formula is C17H19ClN4O3. The maximum atomic E-state index is 12.5. The SMILES string of the molecule is CCOC(=O)C1CCN(C(=O)/C(C#N)=C\Nc2cc(Cl)ccn2)CC1. The van der Waals surface area contributed by atoms with E-state index in [-0.39, 0.29) is 23.4 Å². The number of nitriles is 1. The van der Waals surface area contributed by atoms with E-state index < -0.39 is 0 Å². The number of likely N-dealkylation sites (tertiary alicyclic amines) is 1. The maximum Gasteiger partial charge on any atom is 0.309 e. The number of rotatable bonds is 5. The van der Waals surface area contributed by atoms with Crippen molar-refractivity contribution in [3.8, 4) is 6.07 Å². The van der Waals surface area contributed by atoms with E-state index in [0.717, 1.165) is 0 Å². The van der Waals surface area contributed by atoms with Gasteiger partial charge in [-0.1, -0.05) is 11.6 Å². The summed E-state index contributed by atoms with van der Waals surface area (Å²) in [7, 11) is 0. The fourth-order valence-electron chi connectivity index (χ4n) is 2.52. The molecule has 0 spiro atoms. The molecule has 1 aromatic heterocycles. The molecule has 132 valence electrons. The van der Waals surface area contributed by atoms with E-state index in [9.17, 15) is 14.9 Å². The van der Waals surface area contributed by atoms with Crippen LogP contribution in [0.25, 0.3) is 0 Å². The second-order valence-electron chi connectivity index (χ2n) is 5.49. The second-order valence-corrected chi connectivity index (χ2v) is 5.93. The summed E-state index contributed by atoms with van der Waals surface area (Å²) in [6.45, 7) is 2.94. The Kier molecular flexibility index (Phi) is 6.78. The van der Waals surface area contributed by atoms with Gasteiger partial charge in [0.05, 0.1) is 12.5 Å². The van der Waals surface area contributed by atoms with Gasteiger partial charge in [-0.25, -0.2) is 4.98 Å². The number of hydrogen-bond donors (Lipinski definition) is 1. The smallest absolute Gasteiger partial charge is 0.309 e. The summed E-state index contributed by atoms with van der Waals surface area (Å²) in [4.78, 5) is 29.8. The van der Waals surface area contributed by atoms with Crippen LogP contribution in [-0.4, -0.2) is 41.5 Å². The van der Waals surface area contributed by atoms with Crippen molar-refractivity contribution in [1.29, 1.82) is 5.26 Å². The topological polar surface area (TPSA) is 95.3 Å². The number of pyridine rings is 1. The Morgan fingerprint density at radius 3 is 2.84 bits per heavy atom. The summed E-state index contributed by atoms with van der Waals surface area (Å²) in [6, 6.07) is 5.10. The Labute approximate surface area is 151 Å².